The van der Waals surface area contributed by atoms with Gasteiger partial charge in [0, 0.05) is 23.9 Å². The average molecular weight is 521 g/mol. The molecule has 1 saturated carbocycles. The maximum atomic E-state index is 14.6. The van der Waals surface area contributed by atoms with Gasteiger partial charge in [0.25, 0.3) is 5.91 Å². The van der Waals surface area contributed by atoms with Gasteiger partial charge in [-0.3, -0.25) is 14.6 Å². The van der Waals surface area contributed by atoms with E-state index in [9.17, 15) is 14.0 Å². The lowest BCUT2D eigenvalue weighted by Gasteiger charge is -2.38. The van der Waals surface area contributed by atoms with Gasteiger partial charge in [0.05, 0.1) is 5.41 Å². The first-order valence-corrected chi connectivity index (χ1v) is 13.7. The molecule has 0 radical (unpaired) electrons. The van der Waals surface area contributed by atoms with Gasteiger partial charge in [-0.15, -0.1) is 0 Å². The predicted octanol–water partition coefficient (Wildman–Crippen LogP) is 5.21. The maximum Gasteiger partial charge on any atom is 0.275 e. The largest absolute Gasteiger partial charge is 0.310 e. The molecule has 1 fully saturated rings. The van der Waals surface area contributed by atoms with Crippen molar-refractivity contribution in [2.45, 2.75) is 56.0 Å². The molecule has 2 spiro atoms. The van der Waals surface area contributed by atoms with E-state index in [0.717, 1.165) is 48.8 Å². The number of aliphatic imine (C=N–C) groups is 1. The zero-order valence-electron chi connectivity index (χ0n) is 21.6. The van der Waals surface area contributed by atoms with E-state index in [4.69, 9.17) is 4.99 Å². The Morgan fingerprint density at radius 1 is 0.974 bits per heavy atom. The Labute approximate surface area is 226 Å². The van der Waals surface area contributed by atoms with Crippen LogP contribution in [0.2, 0.25) is 0 Å². The maximum absolute atomic E-state index is 14.6. The number of aromatic nitrogens is 1. The number of carbonyl (C=O) groups is 2. The summed E-state index contributed by atoms with van der Waals surface area (Å²) in [5.41, 5.74) is 3.65. The predicted molar refractivity (Wildman–Crippen MR) is 148 cm³/mol. The zero-order valence-corrected chi connectivity index (χ0v) is 21.6. The molecule has 1 aromatic heterocycles. The van der Waals surface area contributed by atoms with Crippen LogP contribution in [0.5, 0.6) is 0 Å². The van der Waals surface area contributed by atoms with Crippen molar-refractivity contribution in [1.82, 2.24) is 9.88 Å². The smallest absolute Gasteiger partial charge is 0.275 e. The molecule has 7 heteroatoms. The summed E-state index contributed by atoms with van der Waals surface area (Å²) in [4.78, 5) is 37.6. The second-order valence-corrected chi connectivity index (χ2v) is 11.1. The number of fused-ring (bicyclic) bond motifs is 3. The molecular weight excluding hydrogens is 491 g/mol. The Morgan fingerprint density at radius 2 is 1.79 bits per heavy atom. The molecule has 0 bridgehead atoms. The Morgan fingerprint density at radius 3 is 2.64 bits per heavy atom. The Balaban J connectivity index is 1.12. The van der Waals surface area contributed by atoms with E-state index in [1.165, 1.54) is 11.6 Å². The lowest BCUT2D eigenvalue weighted by molar-refractivity contribution is -0.128. The van der Waals surface area contributed by atoms with Crippen molar-refractivity contribution in [3.05, 3.63) is 101 Å². The zero-order chi connectivity index (χ0) is 26.6. The van der Waals surface area contributed by atoms with Gasteiger partial charge in [-0.2, -0.15) is 0 Å². The number of hydrogen-bond donors (Lipinski definition) is 1. The molecule has 2 aliphatic carbocycles. The third-order valence-electron chi connectivity index (χ3n) is 8.86. The molecule has 6 nitrogen and oxygen atoms in total. The Hall–Kier alpha value is -4.13. The van der Waals surface area contributed by atoms with E-state index < -0.39 is 16.9 Å². The van der Waals surface area contributed by atoms with Gasteiger partial charge in [-0.1, -0.05) is 55.0 Å². The van der Waals surface area contributed by atoms with Crippen LogP contribution in [0.1, 0.15) is 59.9 Å². The first-order chi connectivity index (χ1) is 19.0. The molecule has 1 atom stereocenters. The fourth-order valence-electron chi connectivity index (χ4n) is 6.90. The normalized spacial score (nSPS) is 23.0. The average Bonchev–Trinajstić information content (AvgIpc) is 3.55. The third-order valence-corrected chi connectivity index (χ3v) is 8.86. The number of anilines is 1. The number of halogens is 1. The van der Waals surface area contributed by atoms with Crippen LogP contribution < -0.4 is 5.32 Å². The van der Waals surface area contributed by atoms with Crippen molar-refractivity contribution >= 4 is 29.4 Å². The van der Waals surface area contributed by atoms with Crippen LogP contribution in [0.15, 0.2) is 71.9 Å². The quantitative estimate of drug-likeness (QED) is 0.513. The summed E-state index contributed by atoms with van der Waals surface area (Å²) in [5, 5.41) is 2.96. The van der Waals surface area contributed by atoms with Gasteiger partial charge in [0.2, 0.25) is 5.91 Å². The van der Waals surface area contributed by atoms with Crippen molar-refractivity contribution in [3.63, 3.8) is 0 Å². The van der Waals surface area contributed by atoms with Gasteiger partial charge < -0.3 is 10.2 Å². The summed E-state index contributed by atoms with van der Waals surface area (Å²) in [6.07, 6.45) is 11.8. The van der Waals surface area contributed by atoms with Gasteiger partial charge in [-0.25, -0.2) is 9.37 Å². The molecule has 39 heavy (non-hydrogen) atoms. The van der Waals surface area contributed by atoms with Crippen LogP contribution in [0.4, 0.5) is 10.2 Å². The van der Waals surface area contributed by atoms with Gasteiger partial charge in [0.15, 0.2) is 0 Å². The van der Waals surface area contributed by atoms with E-state index in [2.05, 4.69) is 28.5 Å². The first-order valence-electron chi connectivity index (χ1n) is 13.7. The summed E-state index contributed by atoms with van der Waals surface area (Å²) < 4.78 is 14.6. The van der Waals surface area contributed by atoms with E-state index in [0.29, 0.717) is 25.2 Å². The molecule has 3 aromatic rings. The second kappa shape index (κ2) is 8.97. The van der Waals surface area contributed by atoms with Gasteiger partial charge in [-0.05, 0) is 73.4 Å². The molecule has 0 saturated heterocycles. The van der Waals surface area contributed by atoms with E-state index >= 15 is 0 Å². The molecule has 7 rings (SSSR count). The van der Waals surface area contributed by atoms with Crippen LogP contribution >= 0.6 is 0 Å². The number of benzene rings is 2. The lowest BCUT2D eigenvalue weighted by atomic mass is 9.79. The van der Waals surface area contributed by atoms with Crippen molar-refractivity contribution in [3.8, 4) is 0 Å². The molecule has 2 aliphatic heterocycles. The molecule has 3 heterocycles. The van der Waals surface area contributed by atoms with Crippen LogP contribution in [-0.2, 0) is 27.8 Å². The fourth-order valence-corrected chi connectivity index (χ4v) is 6.90. The van der Waals surface area contributed by atoms with Crippen molar-refractivity contribution in [2.24, 2.45) is 4.99 Å². The second-order valence-electron chi connectivity index (χ2n) is 11.1. The molecule has 4 aliphatic rings. The SMILES string of the molecule is O=C1C(c2ccccc2F)=NC2(CCCCC2)N1C/C=C/c1ccc2c(c1)C[C@@]1(C2)C(=O)Nc2ncccc21. The highest BCUT2D eigenvalue weighted by atomic mass is 19.1. The summed E-state index contributed by atoms with van der Waals surface area (Å²) in [5.74, 6) is 0.0556. The standard InChI is InChI=1S/C32H29FN4O2/c33-26-11-3-2-9-24(26)27-29(38)37(32(36-27)14-4-1-5-15-32)17-7-8-21-12-13-22-19-31(20-23(22)18-21)25-10-6-16-34-28(25)35-30(31)39/h2-3,6-13,16,18H,1,4-5,14-15,17,19-20H2,(H,34,35,39)/b8-7+/t31-/m1/s1. The number of nitrogens with zero attached hydrogens (tertiary/aromatic N) is 3. The van der Waals surface area contributed by atoms with E-state index in [-0.39, 0.29) is 23.1 Å². The van der Waals surface area contributed by atoms with Crippen molar-refractivity contribution in [2.75, 3.05) is 11.9 Å². The minimum atomic E-state index is -0.598. The molecule has 196 valence electrons. The molecule has 2 aromatic carbocycles. The number of carbonyl (C=O) groups excluding carboxylic acids is 2. The number of rotatable bonds is 4. The monoisotopic (exact) mass is 520 g/mol. The number of nitrogens with one attached hydrogen (secondary N) is 1. The van der Waals surface area contributed by atoms with Crippen molar-refractivity contribution in [1.29, 1.82) is 0 Å². The fraction of sp³-hybridized carbons (Fsp3) is 0.312. The van der Waals surface area contributed by atoms with Gasteiger partial charge in [0.1, 0.15) is 23.0 Å². The lowest BCUT2D eigenvalue weighted by Crippen LogP contribution is -2.48. The summed E-state index contributed by atoms with van der Waals surface area (Å²) >= 11 is 0. The van der Waals surface area contributed by atoms with Gasteiger partial charge >= 0.3 is 0 Å². The van der Waals surface area contributed by atoms with E-state index in [1.807, 2.05) is 29.2 Å². The Kier molecular flexibility index (Phi) is 5.51. The van der Waals surface area contributed by atoms with Crippen LogP contribution in [0.25, 0.3) is 6.08 Å². The number of amides is 2. The molecular formula is C32H29FN4O2. The minimum Gasteiger partial charge on any atom is -0.310 e. The topological polar surface area (TPSA) is 74.7 Å². The summed E-state index contributed by atoms with van der Waals surface area (Å²) in [6.45, 7) is 0.406. The Bertz CT molecular complexity index is 1570. The highest BCUT2D eigenvalue weighted by Crippen LogP contribution is 2.46. The minimum absolute atomic E-state index is 0.0143. The molecule has 1 N–H and O–H groups in total. The molecule has 0 unspecified atom stereocenters. The molecule has 2 amide bonds. The van der Waals surface area contributed by atoms with Crippen LogP contribution in [0.3, 0.4) is 0 Å². The van der Waals surface area contributed by atoms with Crippen LogP contribution in [0, 0.1) is 5.82 Å². The highest BCUT2D eigenvalue weighted by molar-refractivity contribution is 6.46. The first kappa shape index (κ1) is 23.9. The summed E-state index contributed by atoms with van der Waals surface area (Å²) in [7, 11) is 0. The number of hydrogen-bond acceptors (Lipinski definition) is 4. The van der Waals surface area contributed by atoms with Crippen molar-refractivity contribution < 1.29 is 14.0 Å². The third kappa shape index (κ3) is 3.74. The highest BCUT2D eigenvalue weighted by Gasteiger charge is 2.51. The van der Waals surface area contributed by atoms with E-state index in [1.54, 1.807) is 24.4 Å². The van der Waals surface area contributed by atoms with Crippen LogP contribution in [-0.4, -0.2) is 39.6 Å². The summed E-state index contributed by atoms with van der Waals surface area (Å²) in [6, 6.07) is 16.6. The number of pyridine rings is 1.